The maximum absolute atomic E-state index is 12.5. The van der Waals surface area contributed by atoms with Crippen LogP contribution in [0.5, 0.6) is 5.75 Å². The SMILES string of the molecule is COc1ccc(C)cc1NC(=O)/C(C#N)=C/c1ccc(N2CCOCC2)o1. The Morgan fingerprint density at radius 1 is 1.30 bits per heavy atom. The van der Waals surface area contributed by atoms with Gasteiger partial charge < -0.3 is 24.1 Å². The van der Waals surface area contributed by atoms with Crippen LogP contribution in [-0.2, 0) is 9.53 Å². The molecule has 1 aliphatic rings. The van der Waals surface area contributed by atoms with E-state index in [9.17, 15) is 10.1 Å². The van der Waals surface area contributed by atoms with Crippen LogP contribution in [-0.4, -0.2) is 39.3 Å². The summed E-state index contributed by atoms with van der Waals surface area (Å²) in [6.07, 6.45) is 1.43. The van der Waals surface area contributed by atoms with Gasteiger partial charge in [0.25, 0.3) is 5.91 Å². The Labute approximate surface area is 157 Å². The molecule has 0 bridgehead atoms. The number of nitrogens with zero attached hydrogens (tertiary/aromatic N) is 2. The number of hydrogen-bond donors (Lipinski definition) is 1. The summed E-state index contributed by atoms with van der Waals surface area (Å²) in [6, 6.07) is 10.9. The van der Waals surface area contributed by atoms with Crippen LogP contribution in [0.15, 0.2) is 40.3 Å². The molecule has 0 saturated carbocycles. The van der Waals surface area contributed by atoms with Gasteiger partial charge in [0.05, 0.1) is 26.0 Å². The Morgan fingerprint density at radius 3 is 2.78 bits per heavy atom. The molecule has 27 heavy (non-hydrogen) atoms. The molecule has 3 rings (SSSR count). The van der Waals surface area contributed by atoms with E-state index in [4.69, 9.17) is 13.9 Å². The van der Waals surface area contributed by atoms with Crippen molar-refractivity contribution in [2.75, 3.05) is 43.6 Å². The van der Waals surface area contributed by atoms with Crippen LogP contribution in [0, 0.1) is 18.3 Å². The Bertz CT molecular complexity index is 889. The van der Waals surface area contributed by atoms with Gasteiger partial charge in [-0.1, -0.05) is 6.07 Å². The van der Waals surface area contributed by atoms with Crippen molar-refractivity contribution in [1.82, 2.24) is 0 Å². The quantitative estimate of drug-likeness (QED) is 0.646. The number of nitriles is 1. The van der Waals surface area contributed by atoms with Crippen LogP contribution >= 0.6 is 0 Å². The maximum atomic E-state index is 12.5. The van der Waals surface area contributed by atoms with Crippen molar-refractivity contribution in [3.63, 3.8) is 0 Å². The fraction of sp³-hybridized carbons (Fsp3) is 0.300. The van der Waals surface area contributed by atoms with Crippen molar-refractivity contribution < 1.29 is 18.7 Å². The van der Waals surface area contributed by atoms with Crippen molar-refractivity contribution >= 4 is 23.6 Å². The first-order chi connectivity index (χ1) is 13.1. The monoisotopic (exact) mass is 367 g/mol. The van der Waals surface area contributed by atoms with Crippen LogP contribution in [0.2, 0.25) is 0 Å². The number of carbonyl (C=O) groups is 1. The van der Waals surface area contributed by atoms with Gasteiger partial charge in [0.2, 0.25) is 0 Å². The number of amides is 1. The first-order valence-corrected chi connectivity index (χ1v) is 8.61. The summed E-state index contributed by atoms with van der Waals surface area (Å²) in [5.41, 5.74) is 1.42. The largest absolute Gasteiger partial charge is 0.495 e. The van der Waals surface area contributed by atoms with Gasteiger partial charge in [-0.25, -0.2) is 0 Å². The molecule has 0 aliphatic carbocycles. The lowest BCUT2D eigenvalue weighted by molar-refractivity contribution is -0.112. The summed E-state index contributed by atoms with van der Waals surface area (Å²) < 4.78 is 16.3. The highest BCUT2D eigenvalue weighted by molar-refractivity contribution is 6.10. The Balaban J connectivity index is 1.76. The van der Waals surface area contributed by atoms with Crippen molar-refractivity contribution in [2.45, 2.75) is 6.92 Å². The van der Waals surface area contributed by atoms with Gasteiger partial charge >= 0.3 is 0 Å². The average molecular weight is 367 g/mol. The molecule has 7 heteroatoms. The molecule has 0 atom stereocenters. The minimum Gasteiger partial charge on any atom is -0.495 e. The van der Waals surface area contributed by atoms with Crippen LogP contribution in [0.3, 0.4) is 0 Å². The average Bonchev–Trinajstić information content (AvgIpc) is 3.15. The van der Waals surface area contributed by atoms with Crippen molar-refractivity contribution in [3.8, 4) is 11.8 Å². The molecule has 1 aromatic heterocycles. The van der Waals surface area contributed by atoms with E-state index >= 15 is 0 Å². The number of furan rings is 1. The number of aryl methyl sites for hydroxylation is 1. The molecule has 7 nitrogen and oxygen atoms in total. The Morgan fingerprint density at radius 2 is 2.07 bits per heavy atom. The van der Waals surface area contributed by atoms with Gasteiger partial charge in [0, 0.05) is 25.2 Å². The third-order valence-electron chi connectivity index (χ3n) is 4.19. The van der Waals surface area contributed by atoms with Gasteiger partial charge in [-0.2, -0.15) is 5.26 Å². The number of benzene rings is 1. The first kappa shape index (κ1) is 18.5. The topological polar surface area (TPSA) is 87.7 Å². The third-order valence-corrected chi connectivity index (χ3v) is 4.19. The molecule has 0 spiro atoms. The number of hydrogen-bond acceptors (Lipinski definition) is 6. The second-order valence-electron chi connectivity index (χ2n) is 6.10. The fourth-order valence-corrected chi connectivity index (χ4v) is 2.77. The highest BCUT2D eigenvalue weighted by Gasteiger charge is 2.16. The minimum atomic E-state index is -0.522. The molecule has 1 fully saturated rings. The van der Waals surface area contributed by atoms with E-state index in [1.165, 1.54) is 13.2 Å². The zero-order chi connectivity index (χ0) is 19.2. The van der Waals surface area contributed by atoms with Crippen molar-refractivity contribution in [3.05, 3.63) is 47.2 Å². The second-order valence-corrected chi connectivity index (χ2v) is 6.10. The smallest absolute Gasteiger partial charge is 0.266 e. The molecule has 2 heterocycles. The van der Waals surface area contributed by atoms with Crippen molar-refractivity contribution in [2.24, 2.45) is 0 Å². The molecular formula is C20H21N3O4. The number of nitrogens with one attached hydrogen (secondary N) is 1. The molecular weight excluding hydrogens is 346 g/mol. The van der Waals surface area contributed by atoms with Gasteiger partial charge in [0.15, 0.2) is 5.88 Å². The number of methoxy groups -OCH3 is 1. The lowest BCUT2D eigenvalue weighted by Gasteiger charge is -2.26. The van der Waals surface area contributed by atoms with Crippen molar-refractivity contribution in [1.29, 1.82) is 5.26 Å². The van der Waals surface area contributed by atoms with Crippen LogP contribution in [0.1, 0.15) is 11.3 Å². The lowest BCUT2D eigenvalue weighted by Crippen LogP contribution is -2.35. The maximum Gasteiger partial charge on any atom is 0.266 e. The molecule has 1 amide bonds. The predicted octanol–water partition coefficient (Wildman–Crippen LogP) is 2.98. The lowest BCUT2D eigenvalue weighted by atomic mass is 10.2. The molecule has 0 unspecified atom stereocenters. The number of rotatable bonds is 5. The highest BCUT2D eigenvalue weighted by Crippen LogP contribution is 2.26. The molecule has 1 aromatic carbocycles. The number of ether oxygens (including phenoxy) is 2. The molecule has 1 aliphatic heterocycles. The van der Waals surface area contributed by atoms with Gasteiger partial charge in [-0.3, -0.25) is 4.79 Å². The number of carbonyl (C=O) groups excluding carboxylic acids is 1. The first-order valence-electron chi connectivity index (χ1n) is 8.61. The van der Waals surface area contributed by atoms with Crippen LogP contribution in [0.4, 0.5) is 11.6 Å². The third kappa shape index (κ3) is 4.49. The van der Waals surface area contributed by atoms with Gasteiger partial charge in [-0.15, -0.1) is 0 Å². The van der Waals surface area contributed by atoms with E-state index in [0.717, 1.165) is 18.7 Å². The van der Waals surface area contributed by atoms with E-state index in [0.29, 0.717) is 36.3 Å². The van der Waals surface area contributed by atoms with E-state index in [1.807, 2.05) is 25.1 Å². The summed E-state index contributed by atoms with van der Waals surface area (Å²) in [6.45, 7) is 4.70. The molecule has 0 radical (unpaired) electrons. The Kier molecular flexibility index (Phi) is 5.79. The summed E-state index contributed by atoms with van der Waals surface area (Å²) >= 11 is 0. The summed E-state index contributed by atoms with van der Waals surface area (Å²) in [7, 11) is 1.53. The van der Waals surface area contributed by atoms with Gasteiger partial charge in [-0.05, 0) is 30.7 Å². The zero-order valence-corrected chi connectivity index (χ0v) is 15.3. The van der Waals surface area contributed by atoms with E-state index in [1.54, 1.807) is 18.2 Å². The van der Waals surface area contributed by atoms with E-state index in [-0.39, 0.29) is 5.57 Å². The van der Waals surface area contributed by atoms with Gasteiger partial charge in [0.1, 0.15) is 23.2 Å². The zero-order valence-electron chi connectivity index (χ0n) is 15.3. The fourth-order valence-electron chi connectivity index (χ4n) is 2.77. The molecule has 2 aromatic rings. The highest BCUT2D eigenvalue weighted by atomic mass is 16.5. The number of morpholine rings is 1. The van der Waals surface area contributed by atoms with E-state index in [2.05, 4.69) is 10.2 Å². The molecule has 140 valence electrons. The summed E-state index contributed by atoms with van der Waals surface area (Å²) in [5, 5.41) is 12.1. The van der Waals surface area contributed by atoms with Crippen LogP contribution < -0.4 is 15.0 Å². The predicted molar refractivity (Wildman–Crippen MR) is 102 cm³/mol. The Hall–Kier alpha value is -3.24. The second kappa shape index (κ2) is 8.43. The molecule has 1 N–H and O–H groups in total. The molecule has 1 saturated heterocycles. The number of anilines is 2. The van der Waals surface area contributed by atoms with E-state index < -0.39 is 5.91 Å². The normalized spacial score (nSPS) is 14.6. The summed E-state index contributed by atoms with van der Waals surface area (Å²) in [5.74, 6) is 1.14. The minimum absolute atomic E-state index is 0.0542. The van der Waals surface area contributed by atoms with Crippen LogP contribution in [0.25, 0.3) is 6.08 Å². The standard InChI is InChI=1S/C20H21N3O4/c1-14-3-5-18(25-2)17(11-14)22-20(24)15(13-21)12-16-4-6-19(27-16)23-7-9-26-10-8-23/h3-6,11-12H,7-10H2,1-2H3,(H,22,24)/b15-12+. The summed E-state index contributed by atoms with van der Waals surface area (Å²) in [4.78, 5) is 14.6.